The number of aromatic hydroxyl groups is 1. The Hall–Kier alpha value is -4.79. The first kappa shape index (κ1) is 22.0. The predicted molar refractivity (Wildman–Crippen MR) is 127 cm³/mol. The predicted octanol–water partition coefficient (Wildman–Crippen LogP) is 5.25. The number of hydrogen-bond donors (Lipinski definition) is 3. The molecule has 8 nitrogen and oxygen atoms in total. The van der Waals surface area contributed by atoms with Gasteiger partial charge in [-0.15, -0.1) is 0 Å². The normalized spacial score (nSPS) is 13.9. The van der Waals surface area contributed by atoms with Crippen LogP contribution in [0, 0.1) is 5.82 Å². The van der Waals surface area contributed by atoms with Gasteiger partial charge in [0.2, 0.25) is 5.76 Å². The van der Waals surface area contributed by atoms with Gasteiger partial charge in [-0.3, -0.25) is 4.79 Å². The van der Waals surface area contributed by atoms with Crippen LogP contribution in [0.15, 0.2) is 65.2 Å². The highest BCUT2D eigenvalue weighted by Gasteiger charge is 2.31. The largest absolute Gasteiger partial charge is 0.504 e. The third kappa shape index (κ3) is 3.72. The number of benzene rings is 3. The van der Waals surface area contributed by atoms with Crippen molar-refractivity contribution < 1.29 is 33.4 Å². The standard InChI is InChI=1S/C26H19FN2O6/c1-33-20-5-3-4-15(24(20)30)13-6-8-14(9-7-13)16-10-17-19(11-18(16)27)28-26(32)23(17)25(31)21-12-22(34-2)29-35-21/h3-12,30-31H,1-2H3,(H,28,32). The fourth-order valence-electron chi connectivity index (χ4n) is 3.99. The molecule has 35 heavy (non-hydrogen) atoms. The molecule has 0 spiro atoms. The van der Waals surface area contributed by atoms with E-state index in [2.05, 4.69) is 10.5 Å². The molecule has 0 unspecified atom stereocenters. The third-order valence-electron chi connectivity index (χ3n) is 5.75. The molecule has 5 rings (SSSR count). The number of aliphatic hydroxyl groups excluding tert-OH is 1. The van der Waals surface area contributed by atoms with Crippen molar-refractivity contribution in [1.29, 1.82) is 0 Å². The van der Waals surface area contributed by atoms with Crippen molar-refractivity contribution in [2.45, 2.75) is 0 Å². The first-order valence-electron chi connectivity index (χ1n) is 10.5. The molecule has 0 radical (unpaired) electrons. The quantitative estimate of drug-likeness (QED) is 0.267. The number of phenolic OH excluding ortho intramolecular Hbond substituents is 1. The maximum Gasteiger partial charge on any atom is 0.260 e. The summed E-state index contributed by atoms with van der Waals surface area (Å²) in [6.45, 7) is 0. The zero-order valence-corrected chi connectivity index (χ0v) is 18.6. The summed E-state index contributed by atoms with van der Waals surface area (Å²) in [6, 6.07) is 16.1. The zero-order valence-electron chi connectivity index (χ0n) is 18.6. The van der Waals surface area contributed by atoms with Gasteiger partial charge in [-0.1, -0.05) is 36.4 Å². The van der Waals surface area contributed by atoms with E-state index in [9.17, 15) is 15.0 Å². The van der Waals surface area contributed by atoms with Crippen LogP contribution in [0.3, 0.4) is 0 Å². The van der Waals surface area contributed by atoms with Crippen LogP contribution >= 0.6 is 0 Å². The number of para-hydroxylation sites is 1. The van der Waals surface area contributed by atoms with Gasteiger partial charge in [-0.05, 0) is 34.5 Å². The van der Waals surface area contributed by atoms with Gasteiger partial charge in [0.25, 0.3) is 11.8 Å². The summed E-state index contributed by atoms with van der Waals surface area (Å²) in [7, 11) is 2.86. The fraction of sp³-hybridized carbons (Fsp3) is 0.0769. The third-order valence-corrected chi connectivity index (χ3v) is 5.75. The SMILES string of the molecule is COc1cc(C(O)=C2C(=O)Nc3cc(F)c(-c4ccc(-c5cccc(OC)c5O)cc4)cc32)on1. The molecule has 3 aromatic carbocycles. The number of hydrogen-bond acceptors (Lipinski definition) is 7. The van der Waals surface area contributed by atoms with Crippen molar-refractivity contribution >= 4 is 22.9 Å². The number of fused-ring (bicyclic) bond motifs is 1. The van der Waals surface area contributed by atoms with E-state index in [-0.39, 0.29) is 34.2 Å². The first-order chi connectivity index (χ1) is 16.9. The number of ether oxygens (including phenoxy) is 2. The first-order valence-corrected chi connectivity index (χ1v) is 10.5. The van der Waals surface area contributed by atoms with Gasteiger partial charge in [-0.25, -0.2) is 4.39 Å². The van der Waals surface area contributed by atoms with Crippen LogP contribution in [0.2, 0.25) is 0 Å². The molecule has 0 bridgehead atoms. The van der Waals surface area contributed by atoms with Crippen molar-refractivity contribution in [2.24, 2.45) is 0 Å². The molecule has 176 valence electrons. The molecule has 0 aliphatic carbocycles. The second-order valence-corrected chi connectivity index (χ2v) is 7.72. The molecule has 0 saturated carbocycles. The van der Waals surface area contributed by atoms with Crippen molar-refractivity contribution in [3.05, 3.63) is 77.8 Å². The molecule has 1 amide bonds. The van der Waals surface area contributed by atoms with Gasteiger partial charge in [0.1, 0.15) is 5.82 Å². The molecule has 1 aromatic heterocycles. The number of carbonyl (C=O) groups is 1. The monoisotopic (exact) mass is 474 g/mol. The number of methoxy groups -OCH3 is 2. The molecular formula is C26H19FN2O6. The number of amides is 1. The van der Waals surface area contributed by atoms with Crippen LogP contribution in [0.1, 0.15) is 11.3 Å². The lowest BCUT2D eigenvalue weighted by Gasteiger charge is -2.11. The summed E-state index contributed by atoms with van der Waals surface area (Å²) >= 11 is 0. The van der Waals surface area contributed by atoms with Crippen molar-refractivity contribution in [1.82, 2.24) is 5.16 Å². The van der Waals surface area contributed by atoms with E-state index in [1.165, 1.54) is 32.4 Å². The summed E-state index contributed by atoms with van der Waals surface area (Å²) < 4.78 is 30.2. The smallest absolute Gasteiger partial charge is 0.260 e. The summed E-state index contributed by atoms with van der Waals surface area (Å²) in [5.41, 5.74) is 2.51. The Morgan fingerprint density at radius 2 is 1.69 bits per heavy atom. The van der Waals surface area contributed by atoms with Crippen molar-refractivity contribution in [3.63, 3.8) is 0 Å². The van der Waals surface area contributed by atoms with E-state index in [0.717, 1.165) is 0 Å². The summed E-state index contributed by atoms with van der Waals surface area (Å²) in [6.07, 6.45) is 0. The summed E-state index contributed by atoms with van der Waals surface area (Å²) in [5.74, 6) is -1.18. The molecule has 9 heteroatoms. The number of carbonyl (C=O) groups excluding carboxylic acids is 1. The van der Waals surface area contributed by atoms with Crippen LogP contribution in [0.4, 0.5) is 10.1 Å². The lowest BCUT2D eigenvalue weighted by molar-refractivity contribution is -0.110. The minimum absolute atomic E-state index is 0.00495. The number of nitrogens with one attached hydrogen (secondary N) is 1. The Labute approximate surface area is 198 Å². The number of nitrogens with zero attached hydrogens (tertiary/aromatic N) is 1. The number of phenols is 1. The number of aromatic nitrogens is 1. The Bertz CT molecular complexity index is 1490. The van der Waals surface area contributed by atoms with Crippen LogP contribution in [0.25, 0.3) is 33.6 Å². The number of rotatable bonds is 5. The molecule has 4 aromatic rings. The molecule has 1 aliphatic rings. The van der Waals surface area contributed by atoms with Crippen LogP contribution in [-0.4, -0.2) is 35.5 Å². The van der Waals surface area contributed by atoms with Gasteiger partial charge < -0.3 is 29.5 Å². The van der Waals surface area contributed by atoms with E-state index in [1.807, 2.05) is 0 Å². The highest BCUT2D eigenvalue weighted by molar-refractivity contribution is 6.36. The Morgan fingerprint density at radius 3 is 2.34 bits per heavy atom. The molecule has 0 saturated heterocycles. The maximum absolute atomic E-state index is 15.0. The Balaban J connectivity index is 1.56. The number of aliphatic hydroxyl groups is 1. The molecule has 0 atom stereocenters. The molecule has 0 fully saturated rings. The Kier molecular flexibility index (Phi) is 5.37. The van der Waals surface area contributed by atoms with Gasteiger partial charge in [-0.2, -0.15) is 0 Å². The maximum atomic E-state index is 15.0. The minimum atomic E-state index is -0.603. The molecular weight excluding hydrogens is 455 g/mol. The number of halogens is 1. The van der Waals surface area contributed by atoms with E-state index in [1.54, 1.807) is 42.5 Å². The topological polar surface area (TPSA) is 114 Å². The summed E-state index contributed by atoms with van der Waals surface area (Å²) in [4.78, 5) is 12.6. The van der Waals surface area contributed by atoms with E-state index in [4.69, 9.17) is 14.0 Å². The van der Waals surface area contributed by atoms with Crippen molar-refractivity contribution in [2.75, 3.05) is 19.5 Å². The highest BCUT2D eigenvalue weighted by Crippen LogP contribution is 2.41. The van der Waals surface area contributed by atoms with Crippen molar-refractivity contribution in [3.8, 4) is 39.6 Å². The van der Waals surface area contributed by atoms with Crippen LogP contribution < -0.4 is 14.8 Å². The lowest BCUT2D eigenvalue weighted by atomic mass is 9.96. The average molecular weight is 474 g/mol. The van der Waals surface area contributed by atoms with Gasteiger partial charge in [0.15, 0.2) is 17.3 Å². The zero-order chi connectivity index (χ0) is 24.7. The fourth-order valence-corrected chi connectivity index (χ4v) is 3.99. The van der Waals surface area contributed by atoms with E-state index in [0.29, 0.717) is 28.0 Å². The molecule has 1 aliphatic heterocycles. The van der Waals surface area contributed by atoms with Gasteiger partial charge >= 0.3 is 0 Å². The molecule has 2 heterocycles. The second kappa shape index (κ2) is 8.53. The van der Waals surface area contributed by atoms with Gasteiger partial charge in [0, 0.05) is 16.7 Å². The van der Waals surface area contributed by atoms with Gasteiger partial charge in [0.05, 0.1) is 31.5 Å². The van der Waals surface area contributed by atoms with Crippen LogP contribution in [-0.2, 0) is 4.79 Å². The lowest BCUT2D eigenvalue weighted by Crippen LogP contribution is -2.05. The minimum Gasteiger partial charge on any atom is -0.504 e. The van der Waals surface area contributed by atoms with Crippen LogP contribution in [0.5, 0.6) is 17.4 Å². The molecule has 3 N–H and O–H groups in total. The Morgan fingerprint density at radius 1 is 0.971 bits per heavy atom. The summed E-state index contributed by atoms with van der Waals surface area (Å²) in [5, 5.41) is 27.3. The average Bonchev–Trinajstić information content (AvgIpc) is 3.47. The van der Waals surface area contributed by atoms with E-state index < -0.39 is 17.5 Å². The van der Waals surface area contributed by atoms with E-state index >= 15 is 4.39 Å². The number of anilines is 1. The highest BCUT2D eigenvalue weighted by atomic mass is 19.1. The second-order valence-electron chi connectivity index (χ2n) is 7.72.